The van der Waals surface area contributed by atoms with Crippen LogP contribution in [-0.2, 0) is 6.54 Å². The molecule has 1 aromatic carbocycles. The van der Waals surface area contributed by atoms with E-state index < -0.39 is 0 Å². The van der Waals surface area contributed by atoms with Gasteiger partial charge in [0.2, 0.25) is 0 Å². The van der Waals surface area contributed by atoms with Crippen molar-refractivity contribution in [3.63, 3.8) is 0 Å². The molecule has 0 saturated heterocycles. The first kappa shape index (κ1) is 16.7. The molecule has 1 aliphatic carbocycles. The zero-order chi connectivity index (χ0) is 18.4. The van der Waals surface area contributed by atoms with Crippen LogP contribution in [0.5, 0.6) is 0 Å². The van der Waals surface area contributed by atoms with Gasteiger partial charge in [0, 0.05) is 51.3 Å². The maximum absolute atomic E-state index is 6.36. The van der Waals surface area contributed by atoms with Crippen LogP contribution in [0.15, 0.2) is 55.1 Å². The predicted molar refractivity (Wildman–Crippen MR) is 108 cm³/mol. The van der Waals surface area contributed by atoms with Gasteiger partial charge in [-0.3, -0.25) is 0 Å². The number of nitrogens with zero attached hydrogens (tertiary/aromatic N) is 4. The summed E-state index contributed by atoms with van der Waals surface area (Å²) in [5.74, 6) is 1.35. The van der Waals surface area contributed by atoms with Crippen LogP contribution >= 0.6 is 23.2 Å². The first-order chi connectivity index (χ1) is 13.2. The van der Waals surface area contributed by atoms with Crippen LogP contribution in [-0.4, -0.2) is 19.5 Å². The Labute approximate surface area is 166 Å². The van der Waals surface area contributed by atoms with Crippen molar-refractivity contribution >= 4 is 34.2 Å². The van der Waals surface area contributed by atoms with Gasteiger partial charge >= 0.3 is 0 Å². The lowest BCUT2D eigenvalue weighted by Gasteiger charge is -2.08. The van der Waals surface area contributed by atoms with E-state index in [2.05, 4.69) is 19.5 Å². The summed E-state index contributed by atoms with van der Waals surface area (Å²) in [6.07, 6.45) is 10.2. The largest absolute Gasteiger partial charge is 0.327 e. The van der Waals surface area contributed by atoms with Gasteiger partial charge in [0.15, 0.2) is 5.82 Å². The maximum Gasteiger partial charge on any atom is 0.161 e. The van der Waals surface area contributed by atoms with Crippen molar-refractivity contribution in [1.82, 2.24) is 19.5 Å². The molecule has 0 aliphatic heterocycles. The summed E-state index contributed by atoms with van der Waals surface area (Å²) in [4.78, 5) is 13.8. The molecule has 0 unspecified atom stereocenters. The fourth-order valence-electron chi connectivity index (χ4n) is 3.38. The molecule has 4 aromatic rings. The molecule has 0 spiro atoms. The summed E-state index contributed by atoms with van der Waals surface area (Å²) in [7, 11) is 0. The number of pyridine rings is 1. The molecule has 0 radical (unpaired) electrons. The van der Waals surface area contributed by atoms with Gasteiger partial charge in [-0.15, -0.1) is 0 Å². The van der Waals surface area contributed by atoms with Crippen molar-refractivity contribution in [3.05, 3.63) is 76.3 Å². The van der Waals surface area contributed by atoms with Gasteiger partial charge in [-0.2, -0.15) is 0 Å². The molecule has 5 rings (SSSR count). The van der Waals surface area contributed by atoms with Gasteiger partial charge in [0.1, 0.15) is 5.65 Å². The van der Waals surface area contributed by atoms with Crippen molar-refractivity contribution in [3.8, 4) is 11.4 Å². The Morgan fingerprint density at radius 2 is 1.70 bits per heavy atom. The van der Waals surface area contributed by atoms with Crippen LogP contribution in [0.25, 0.3) is 22.4 Å². The van der Waals surface area contributed by atoms with Crippen molar-refractivity contribution in [2.75, 3.05) is 0 Å². The molecule has 1 saturated carbocycles. The number of aromatic nitrogens is 4. The lowest BCUT2D eigenvalue weighted by Crippen LogP contribution is -2.00. The van der Waals surface area contributed by atoms with Crippen LogP contribution < -0.4 is 0 Å². The molecule has 27 heavy (non-hydrogen) atoms. The highest BCUT2D eigenvalue weighted by molar-refractivity contribution is 6.36. The minimum atomic E-state index is 0.534. The van der Waals surface area contributed by atoms with E-state index >= 15 is 0 Å². The standard InChI is InChI=1S/C21H16Cl2N4/c22-18-4-1-5-19(23)17(18)12-27-11-16(15-3-2-8-24-21(15)27)20-25-9-14(10-26-20)13-6-7-13/h1-5,8-11,13H,6-7,12H2. The Hall–Kier alpha value is -2.43. The van der Waals surface area contributed by atoms with Crippen LogP contribution in [0.1, 0.15) is 29.9 Å². The van der Waals surface area contributed by atoms with Crippen LogP contribution in [0, 0.1) is 0 Å². The van der Waals surface area contributed by atoms with E-state index in [1.807, 2.05) is 48.9 Å². The second kappa shape index (κ2) is 6.63. The second-order valence-corrected chi connectivity index (χ2v) is 7.67. The molecule has 3 aromatic heterocycles. The van der Waals surface area contributed by atoms with E-state index in [-0.39, 0.29) is 0 Å². The predicted octanol–water partition coefficient (Wildman–Crippen LogP) is 5.73. The molecule has 1 aliphatic rings. The van der Waals surface area contributed by atoms with Gasteiger partial charge in [0.25, 0.3) is 0 Å². The van der Waals surface area contributed by atoms with Gasteiger partial charge < -0.3 is 4.57 Å². The quantitative estimate of drug-likeness (QED) is 0.444. The minimum Gasteiger partial charge on any atom is -0.327 e. The fraction of sp³-hybridized carbons (Fsp3) is 0.190. The fourth-order valence-corrected chi connectivity index (χ4v) is 3.90. The minimum absolute atomic E-state index is 0.534. The number of benzene rings is 1. The summed E-state index contributed by atoms with van der Waals surface area (Å²) in [6, 6.07) is 9.52. The number of rotatable bonds is 4. The second-order valence-electron chi connectivity index (χ2n) is 6.86. The Bertz CT molecular complexity index is 1110. The molecule has 0 amide bonds. The zero-order valence-corrected chi connectivity index (χ0v) is 16.0. The van der Waals surface area contributed by atoms with Crippen molar-refractivity contribution in [2.45, 2.75) is 25.3 Å². The first-order valence-electron chi connectivity index (χ1n) is 8.90. The molecule has 0 atom stereocenters. The van der Waals surface area contributed by atoms with Gasteiger partial charge in [0.05, 0.1) is 6.54 Å². The lowest BCUT2D eigenvalue weighted by atomic mass is 10.2. The topological polar surface area (TPSA) is 43.6 Å². The smallest absolute Gasteiger partial charge is 0.161 e. The molecule has 3 heterocycles. The van der Waals surface area contributed by atoms with E-state index in [1.54, 1.807) is 6.20 Å². The summed E-state index contributed by atoms with van der Waals surface area (Å²) in [5.41, 5.74) is 3.92. The summed E-state index contributed by atoms with van der Waals surface area (Å²) in [5, 5.41) is 2.30. The monoisotopic (exact) mass is 394 g/mol. The number of hydrogen-bond acceptors (Lipinski definition) is 3. The highest BCUT2D eigenvalue weighted by Crippen LogP contribution is 2.39. The number of hydrogen-bond donors (Lipinski definition) is 0. The van der Waals surface area contributed by atoms with E-state index in [0.717, 1.165) is 22.2 Å². The average Bonchev–Trinajstić information content (AvgIpc) is 3.48. The Morgan fingerprint density at radius 1 is 0.963 bits per heavy atom. The van der Waals surface area contributed by atoms with E-state index in [4.69, 9.17) is 23.2 Å². The van der Waals surface area contributed by atoms with Crippen LogP contribution in [0.4, 0.5) is 0 Å². The Balaban J connectivity index is 1.60. The molecule has 0 N–H and O–H groups in total. The van der Waals surface area contributed by atoms with Gasteiger partial charge in [-0.1, -0.05) is 29.3 Å². The van der Waals surface area contributed by atoms with E-state index in [9.17, 15) is 0 Å². The molecular weight excluding hydrogens is 379 g/mol. The molecule has 6 heteroatoms. The molecule has 134 valence electrons. The SMILES string of the molecule is Clc1cccc(Cl)c1Cn1cc(-c2ncc(C3CC3)cn2)c2cccnc21. The third-order valence-corrected chi connectivity index (χ3v) is 5.69. The first-order valence-corrected chi connectivity index (χ1v) is 9.65. The van der Waals surface area contributed by atoms with E-state index in [0.29, 0.717) is 28.3 Å². The van der Waals surface area contributed by atoms with Crippen LogP contribution in [0.2, 0.25) is 10.0 Å². The lowest BCUT2D eigenvalue weighted by molar-refractivity contribution is 0.825. The number of fused-ring (bicyclic) bond motifs is 1. The summed E-state index contributed by atoms with van der Waals surface area (Å²) in [6.45, 7) is 0.534. The van der Waals surface area contributed by atoms with Crippen molar-refractivity contribution in [2.24, 2.45) is 0 Å². The maximum atomic E-state index is 6.36. The van der Waals surface area contributed by atoms with Gasteiger partial charge in [-0.05, 0) is 48.6 Å². The molecule has 4 nitrogen and oxygen atoms in total. The Kier molecular flexibility index (Phi) is 4.10. The average molecular weight is 395 g/mol. The third kappa shape index (κ3) is 3.09. The highest BCUT2D eigenvalue weighted by atomic mass is 35.5. The molecule has 1 fully saturated rings. The molecule has 0 bridgehead atoms. The molecular formula is C21H16Cl2N4. The zero-order valence-electron chi connectivity index (χ0n) is 14.4. The van der Waals surface area contributed by atoms with Crippen LogP contribution in [0.3, 0.4) is 0 Å². The normalized spacial score (nSPS) is 14.0. The summed E-state index contributed by atoms with van der Waals surface area (Å²) >= 11 is 12.7. The third-order valence-electron chi connectivity index (χ3n) is 4.99. The number of halogens is 2. The van der Waals surface area contributed by atoms with Crippen molar-refractivity contribution in [1.29, 1.82) is 0 Å². The van der Waals surface area contributed by atoms with E-state index in [1.165, 1.54) is 18.4 Å². The van der Waals surface area contributed by atoms with Gasteiger partial charge in [-0.25, -0.2) is 15.0 Å². The highest BCUT2D eigenvalue weighted by Gasteiger charge is 2.24. The summed E-state index contributed by atoms with van der Waals surface area (Å²) < 4.78 is 2.05. The Morgan fingerprint density at radius 3 is 2.41 bits per heavy atom. The van der Waals surface area contributed by atoms with Crippen molar-refractivity contribution < 1.29 is 0 Å².